The molecule has 45 heavy (non-hydrogen) atoms. The lowest BCUT2D eigenvalue weighted by atomic mass is 9.93. The van der Waals surface area contributed by atoms with Crippen molar-refractivity contribution in [1.29, 1.82) is 0 Å². The number of nitrogens with zero attached hydrogens (tertiary/aromatic N) is 3. The van der Waals surface area contributed by atoms with Gasteiger partial charge in [-0.1, -0.05) is 47.7 Å². The summed E-state index contributed by atoms with van der Waals surface area (Å²) in [5, 5.41) is 0. The SMILES string of the molecule is CCOC(=O)C1=C(c2ccccc2)N=c2s/c(=C\c3ccc(N(CC)CC)cc3OC)c(=O)n2[C@@H]1c1ccc(OC)c(OC)c1. The van der Waals surface area contributed by atoms with Crippen molar-refractivity contribution in [2.75, 3.05) is 45.9 Å². The first kappa shape index (κ1) is 31.6. The van der Waals surface area contributed by atoms with Gasteiger partial charge in [-0.25, -0.2) is 9.79 Å². The number of thiazole rings is 1. The summed E-state index contributed by atoms with van der Waals surface area (Å²) < 4.78 is 24.4. The molecule has 0 unspecified atom stereocenters. The van der Waals surface area contributed by atoms with Crippen LogP contribution < -0.4 is 34.0 Å². The van der Waals surface area contributed by atoms with Gasteiger partial charge < -0.3 is 23.8 Å². The average Bonchev–Trinajstić information content (AvgIpc) is 3.39. The van der Waals surface area contributed by atoms with Crippen molar-refractivity contribution >= 4 is 34.8 Å². The highest BCUT2D eigenvalue weighted by molar-refractivity contribution is 7.07. The number of carbonyl (C=O) groups is 1. The van der Waals surface area contributed by atoms with E-state index >= 15 is 0 Å². The van der Waals surface area contributed by atoms with E-state index in [1.165, 1.54) is 11.3 Å². The Bertz CT molecular complexity index is 1910. The zero-order valence-electron chi connectivity index (χ0n) is 26.3. The molecular weight excluding hydrogens is 590 g/mol. The van der Waals surface area contributed by atoms with Crippen LogP contribution in [0.5, 0.6) is 17.2 Å². The largest absolute Gasteiger partial charge is 0.496 e. The number of ether oxygens (including phenoxy) is 4. The van der Waals surface area contributed by atoms with Crippen LogP contribution in [-0.4, -0.2) is 51.6 Å². The van der Waals surface area contributed by atoms with Gasteiger partial charge in [0.2, 0.25) is 0 Å². The molecule has 0 saturated heterocycles. The van der Waals surface area contributed by atoms with Crippen molar-refractivity contribution in [3.05, 3.63) is 109 Å². The molecule has 0 fully saturated rings. The first-order chi connectivity index (χ1) is 21.9. The molecule has 0 aliphatic carbocycles. The molecule has 1 atom stereocenters. The fourth-order valence-electron chi connectivity index (χ4n) is 5.52. The molecule has 0 bridgehead atoms. The summed E-state index contributed by atoms with van der Waals surface area (Å²) in [6.07, 6.45) is 1.82. The lowest BCUT2D eigenvalue weighted by Gasteiger charge is -2.26. The molecule has 234 valence electrons. The summed E-state index contributed by atoms with van der Waals surface area (Å²) >= 11 is 1.26. The molecule has 9 nitrogen and oxygen atoms in total. The van der Waals surface area contributed by atoms with Crippen LogP contribution in [-0.2, 0) is 9.53 Å². The van der Waals surface area contributed by atoms with E-state index in [-0.39, 0.29) is 17.7 Å². The van der Waals surface area contributed by atoms with E-state index < -0.39 is 12.0 Å². The van der Waals surface area contributed by atoms with E-state index in [0.717, 1.165) is 29.9 Å². The minimum Gasteiger partial charge on any atom is -0.496 e. The van der Waals surface area contributed by atoms with E-state index in [2.05, 4.69) is 18.7 Å². The smallest absolute Gasteiger partial charge is 0.338 e. The maximum atomic E-state index is 14.3. The molecule has 1 aliphatic rings. The van der Waals surface area contributed by atoms with E-state index in [9.17, 15) is 9.59 Å². The van der Waals surface area contributed by atoms with Crippen molar-refractivity contribution in [3.63, 3.8) is 0 Å². The first-order valence-electron chi connectivity index (χ1n) is 14.8. The minimum absolute atomic E-state index is 0.163. The van der Waals surface area contributed by atoms with Gasteiger partial charge in [0.1, 0.15) is 5.75 Å². The number of hydrogen-bond donors (Lipinski definition) is 0. The summed E-state index contributed by atoms with van der Waals surface area (Å²) in [7, 11) is 4.72. The predicted molar refractivity (Wildman–Crippen MR) is 177 cm³/mol. The standard InChI is InChI=1S/C35H37N3O6S/c1-7-37(8-2)25-17-15-23(27(21-25)42-5)20-29-33(39)38-32(24-16-18-26(41-4)28(19-24)43-6)30(34(40)44-9-3)31(36-35(38)45-29)22-13-11-10-12-14-22/h10-21,32H,7-9H2,1-6H3/b29-20-/t32-/m1/s1. The highest BCUT2D eigenvalue weighted by atomic mass is 32.1. The molecule has 4 aromatic rings. The number of anilines is 1. The fraction of sp³-hybridized carbons (Fsp3) is 0.286. The molecular formula is C35H37N3O6S. The summed E-state index contributed by atoms with van der Waals surface area (Å²) in [4.78, 5) is 35.7. The Labute approximate surface area is 266 Å². The second-order valence-electron chi connectivity index (χ2n) is 10.1. The Hall–Kier alpha value is -4.83. The highest BCUT2D eigenvalue weighted by Crippen LogP contribution is 2.38. The number of benzene rings is 3. The summed E-state index contributed by atoms with van der Waals surface area (Å²) in [5.74, 6) is 1.09. The van der Waals surface area contributed by atoms with Crippen LogP contribution in [0.2, 0.25) is 0 Å². The van der Waals surface area contributed by atoms with Crippen LogP contribution >= 0.6 is 11.3 Å². The highest BCUT2D eigenvalue weighted by Gasteiger charge is 2.35. The third-order valence-electron chi connectivity index (χ3n) is 7.73. The molecule has 1 aliphatic heterocycles. The number of rotatable bonds is 11. The van der Waals surface area contributed by atoms with Gasteiger partial charge in [-0.2, -0.15) is 0 Å². The number of carbonyl (C=O) groups excluding carboxylic acids is 1. The van der Waals surface area contributed by atoms with E-state index in [1.54, 1.807) is 45.0 Å². The minimum atomic E-state index is -0.843. The topological polar surface area (TPSA) is 91.6 Å². The van der Waals surface area contributed by atoms with E-state index in [1.807, 2.05) is 60.7 Å². The quantitative estimate of drug-likeness (QED) is 0.221. The molecule has 1 aromatic heterocycles. The van der Waals surface area contributed by atoms with Crippen LogP contribution in [0.3, 0.4) is 0 Å². The first-order valence-corrected chi connectivity index (χ1v) is 15.6. The Balaban J connectivity index is 1.80. The monoisotopic (exact) mass is 627 g/mol. The maximum absolute atomic E-state index is 14.3. The van der Waals surface area contributed by atoms with Crippen LogP contribution in [0.15, 0.2) is 82.1 Å². The number of methoxy groups -OCH3 is 3. The zero-order chi connectivity index (χ0) is 32.1. The second-order valence-corrected chi connectivity index (χ2v) is 11.2. The molecule has 10 heteroatoms. The molecule has 0 amide bonds. The molecule has 3 aromatic carbocycles. The van der Waals surface area contributed by atoms with Crippen molar-refractivity contribution in [3.8, 4) is 17.2 Å². The van der Waals surface area contributed by atoms with Gasteiger partial charge in [0, 0.05) is 36.0 Å². The number of hydrogen-bond acceptors (Lipinski definition) is 9. The second kappa shape index (κ2) is 13.9. The van der Waals surface area contributed by atoms with Gasteiger partial charge in [-0.3, -0.25) is 9.36 Å². The molecule has 0 saturated carbocycles. The van der Waals surface area contributed by atoms with Crippen molar-refractivity contribution in [2.45, 2.75) is 26.8 Å². The molecule has 0 spiro atoms. The van der Waals surface area contributed by atoms with Gasteiger partial charge >= 0.3 is 5.97 Å². The maximum Gasteiger partial charge on any atom is 0.338 e. The zero-order valence-corrected chi connectivity index (χ0v) is 27.1. The number of esters is 1. The van der Waals surface area contributed by atoms with Crippen LogP contribution in [0, 0.1) is 0 Å². The summed E-state index contributed by atoms with van der Waals surface area (Å²) in [6, 6.07) is 19.9. The van der Waals surface area contributed by atoms with Crippen molar-refractivity contribution < 1.29 is 23.7 Å². The van der Waals surface area contributed by atoms with Gasteiger partial charge in [0.15, 0.2) is 16.3 Å². The lowest BCUT2D eigenvalue weighted by molar-refractivity contribution is -0.138. The number of aromatic nitrogens is 1. The van der Waals surface area contributed by atoms with E-state index in [4.69, 9.17) is 23.9 Å². The fourth-order valence-corrected chi connectivity index (χ4v) is 6.52. The van der Waals surface area contributed by atoms with Crippen molar-refractivity contribution in [1.82, 2.24) is 4.57 Å². The third kappa shape index (κ3) is 6.10. The Morgan fingerprint density at radius 3 is 2.27 bits per heavy atom. The van der Waals surface area contributed by atoms with Gasteiger partial charge in [-0.15, -0.1) is 0 Å². The van der Waals surface area contributed by atoms with E-state index in [0.29, 0.717) is 37.8 Å². The Kier molecular flexibility index (Phi) is 9.73. The Morgan fingerprint density at radius 2 is 1.62 bits per heavy atom. The van der Waals surface area contributed by atoms with Crippen LogP contribution in [0.4, 0.5) is 5.69 Å². The summed E-state index contributed by atoms with van der Waals surface area (Å²) in [6.45, 7) is 7.85. The average molecular weight is 628 g/mol. The normalized spacial score (nSPS) is 14.4. The van der Waals surface area contributed by atoms with Gasteiger partial charge in [-0.05, 0) is 56.7 Å². The molecule has 5 rings (SSSR count). The van der Waals surface area contributed by atoms with Crippen molar-refractivity contribution in [2.24, 2.45) is 4.99 Å². The third-order valence-corrected chi connectivity index (χ3v) is 8.71. The Morgan fingerprint density at radius 1 is 0.911 bits per heavy atom. The summed E-state index contributed by atoms with van der Waals surface area (Å²) in [5.41, 5.74) is 3.59. The van der Waals surface area contributed by atoms with Gasteiger partial charge in [0.05, 0.1) is 49.8 Å². The molecule has 0 N–H and O–H groups in total. The van der Waals surface area contributed by atoms with Crippen LogP contribution in [0.1, 0.15) is 43.5 Å². The predicted octanol–water partition coefficient (Wildman–Crippen LogP) is 4.81. The van der Waals surface area contributed by atoms with Gasteiger partial charge in [0.25, 0.3) is 5.56 Å². The lowest BCUT2D eigenvalue weighted by Crippen LogP contribution is -2.40. The molecule has 0 radical (unpaired) electrons. The van der Waals surface area contributed by atoms with Crippen LogP contribution in [0.25, 0.3) is 11.8 Å². The molecule has 2 heterocycles. The number of fused-ring (bicyclic) bond motifs is 1.